The van der Waals surface area contributed by atoms with Gasteiger partial charge in [-0.05, 0) is 109 Å². The summed E-state index contributed by atoms with van der Waals surface area (Å²) in [7, 11) is 0. The number of carbonyl (C=O) groups is 1. The lowest BCUT2D eigenvalue weighted by molar-refractivity contribution is -0.206. The average molecular weight is 457 g/mol. The summed E-state index contributed by atoms with van der Waals surface area (Å²) in [6.07, 6.45) is 11.6. The molecule has 2 N–H and O–H groups in total. The van der Waals surface area contributed by atoms with Gasteiger partial charge in [0.1, 0.15) is 0 Å². The van der Waals surface area contributed by atoms with Gasteiger partial charge in [-0.1, -0.05) is 60.1 Å². The molecule has 3 nitrogen and oxygen atoms in total. The third-order valence-corrected chi connectivity index (χ3v) is 13.4. The zero-order chi connectivity index (χ0) is 24.2. The minimum Gasteiger partial charge on any atom is -0.481 e. The predicted octanol–water partition coefficient (Wildman–Crippen LogP) is 7.09. The van der Waals surface area contributed by atoms with Gasteiger partial charge in [-0.15, -0.1) is 0 Å². The Bertz CT molecular complexity index is 874. The van der Waals surface area contributed by atoms with Crippen LogP contribution in [0.5, 0.6) is 0 Å². The number of rotatable bonds is 1. The van der Waals surface area contributed by atoms with Crippen molar-refractivity contribution in [2.75, 3.05) is 0 Å². The van der Waals surface area contributed by atoms with Crippen LogP contribution in [0.25, 0.3) is 0 Å². The summed E-state index contributed by atoms with van der Waals surface area (Å²) in [5, 5.41) is 21.4. The standard InChI is InChI=1S/C30H48O3/c1-18-10-15-30(25(32)33)17-16-28(6)20(24(30)19(18)2)8-9-22-27(5)13-12-23(31)26(3,4)21(27)11-14-29(22,28)7/h8,18-19,21-24,31H,9-17H2,1-7H3,(H,32,33)/t18-,19+,21+,22-,23+,24+,27?,28-,29-,30+/m1/s1. The molecule has 3 heteroatoms. The van der Waals surface area contributed by atoms with Crippen LogP contribution in [-0.4, -0.2) is 22.3 Å². The first kappa shape index (κ1) is 23.9. The molecule has 0 aromatic rings. The highest BCUT2D eigenvalue weighted by Crippen LogP contribution is 2.75. The summed E-state index contributed by atoms with van der Waals surface area (Å²) in [6, 6.07) is 0. The number of aliphatic hydroxyl groups excluding tert-OH is 1. The Morgan fingerprint density at radius 2 is 1.61 bits per heavy atom. The molecule has 0 heterocycles. The molecule has 10 atom stereocenters. The number of aliphatic carboxylic acids is 1. The maximum absolute atomic E-state index is 12.8. The fourth-order valence-corrected chi connectivity index (χ4v) is 10.8. The first-order valence-corrected chi connectivity index (χ1v) is 13.9. The second kappa shape index (κ2) is 7.11. The minimum atomic E-state index is -0.557. The number of aliphatic hydroxyl groups is 1. The molecule has 5 aliphatic rings. The summed E-state index contributed by atoms with van der Waals surface area (Å²) >= 11 is 0. The van der Waals surface area contributed by atoms with E-state index in [1.165, 1.54) is 18.4 Å². The third-order valence-electron chi connectivity index (χ3n) is 13.4. The van der Waals surface area contributed by atoms with Gasteiger partial charge < -0.3 is 10.2 Å². The van der Waals surface area contributed by atoms with E-state index in [-0.39, 0.29) is 33.7 Å². The number of hydrogen-bond acceptors (Lipinski definition) is 2. The van der Waals surface area contributed by atoms with E-state index >= 15 is 0 Å². The monoisotopic (exact) mass is 456 g/mol. The SMILES string of the molecule is C[C@H]1[C@H](C)CC[C@]2(C(=O)O)CC[C@]3(C)C(=CC[C@@H]4C5(C)CC[C@H](O)C(C)(C)[C@@H]5CC[C@]43C)[C@H]12. The zero-order valence-electron chi connectivity index (χ0n) is 22.2. The Balaban J connectivity index is 1.61. The maximum Gasteiger partial charge on any atom is 0.310 e. The van der Waals surface area contributed by atoms with Crippen LogP contribution >= 0.6 is 0 Å². The molecule has 5 rings (SSSR count). The lowest BCUT2D eigenvalue weighted by atomic mass is 9.33. The van der Waals surface area contributed by atoms with Crippen molar-refractivity contribution in [1.29, 1.82) is 0 Å². The van der Waals surface area contributed by atoms with Gasteiger partial charge in [-0.2, -0.15) is 0 Å². The second-order valence-corrected chi connectivity index (χ2v) is 14.5. The van der Waals surface area contributed by atoms with Crippen molar-refractivity contribution in [2.24, 2.45) is 56.7 Å². The van der Waals surface area contributed by atoms with Crippen molar-refractivity contribution in [3.05, 3.63) is 11.6 Å². The normalized spacial score (nSPS) is 55.3. The first-order chi connectivity index (χ1) is 15.3. The van der Waals surface area contributed by atoms with Crippen LogP contribution in [0.1, 0.15) is 106 Å². The summed E-state index contributed by atoms with van der Waals surface area (Å²) in [6.45, 7) is 17.0. The van der Waals surface area contributed by atoms with Gasteiger partial charge in [0.15, 0.2) is 0 Å². The van der Waals surface area contributed by atoms with Crippen LogP contribution < -0.4 is 0 Å². The molecule has 186 valence electrons. The molecule has 0 radical (unpaired) electrons. The lowest BCUT2D eigenvalue weighted by Gasteiger charge is -2.71. The summed E-state index contributed by atoms with van der Waals surface area (Å²) < 4.78 is 0. The predicted molar refractivity (Wildman–Crippen MR) is 133 cm³/mol. The number of fused-ring (bicyclic) bond motifs is 7. The van der Waals surface area contributed by atoms with Crippen LogP contribution in [0.4, 0.5) is 0 Å². The van der Waals surface area contributed by atoms with E-state index in [4.69, 9.17) is 0 Å². The van der Waals surface area contributed by atoms with Crippen LogP contribution in [0.3, 0.4) is 0 Å². The molecule has 0 aromatic heterocycles. The third kappa shape index (κ3) is 2.75. The largest absolute Gasteiger partial charge is 0.481 e. The smallest absolute Gasteiger partial charge is 0.310 e. The van der Waals surface area contributed by atoms with Gasteiger partial charge in [-0.25, -0.2) is 0 Å². The Hall–Kier alpha value is -0.830. The van der Waals surface area contributed by atoms with Crippen LogP contribution in [0.15, 0.2) is 11.6 Å². The van der Waals surface area contributed by atoms with Crippen molar-refractivity contribution in [3.8, 4) is 0 Å². The minimum absolute atomic E-state index is 0.0302. The molecule has 4 saturated carbocycles. The summed E-state index contributed by atoms with van der Waals surface area (Å²) in [4.78, 5) is 12.8. The Labute approximate surface area is 201 Å². The molecular formula is C30H48O3. The van der Waals surface area contributed by atoms with E-state index in [9.17, 15) is 15.0 Å². The zero-order valence-corrected chi connectivity index (χ0v) is 22.2. The quantitative estimate of drug-likeness (QED) is 0.414. The van der Waals surface area contributed by atoms with Gasteiger partial charge >= 0.3 is 5.97 Å². The molecule has 0 aromatic carbocycles. The first-order valence-electron chi connectivity index (χ1n) is 13.9. The number of carboxylic acid groups (broad SMARTS) is 1. The van der Waals surface area contributed by atoms with Crippen LogP contribution in [0, 0.1) is 56.7 Å². The van der Waals surface area contributed by atoms with Crippen molar-refractivity contribution >= 4 is 5.97 Å². The van der Waals surface area contributed by atoms with Crippen molar-refractivity contribution < 1.29 is 15.0 Å². The van der Waals surface area contributed by atoms with E-state index in [2.05, 4.69) is 54.5 Å². The molecule has 0 amide bonds. The van der Waals surface area contributed by atoms with E-state index < -0.39 is 11.4 Å². The Morgan fingerprint density at radius 1 is 0.909 bits per heavy atom. The van der Waals surface area contributed by atoms with Crippen molar-refractivity contribution in [1.82, 2.24) is 0 Å². The van der Waals surface area contributed by atoms with Crippen LogP contribution in [0.2, 0.25) is 0 Å². The molecular weight excluding hydrogens is 408 g/mol. The highest BCUT2D eigenvalue weighted by molar-refractivity contribution is 5.76. The van der Waals surface area contributed by atoms with E-state index in [1.54, 1.807) is 0 Å². The van der Waals surface area contributed by atoms with Gasteiger partial charge in [0.25, 0.3) is 0 Å². The molecule has 0 saturated heterocycles. The fourth-order valence-electron chi connectivity index (χ4n) is 10.8. The molecule has 0 bridgehead atoms. The van der Waals surface area contributed by atoms with E-state index in [1.807, 2.05) is 0 Å². The topological polar surface area (TPSA) is 57.5 Å². The lowest BCUT2D eigenvalue weighted by Crippen LogP contribution is -2.65. The summed E-state index contributed by atoms with van der Waals surface area (Å²) in [5.74, 6) is 1.82. The van der Waals surface area contributed by atoms with Gasteiger partial charge in [-0.3, -0.25) is 4.79 Å². The Kier molecular flexibility index (Phi) is 5.15. The summed E-state index contributed by atoms with van der Waals surface area (Å²) in [5.41, 5.74) is 1.46. The molecule has 33 heavy (non-hydrogen) atoms. The molecule has 4 fully saturated rings. The molecule has 0 aliphatic heterocycles. The molecule has 5 aliphatic carbocycles. The van der Waals surface area contributed by atoms with Gasteiger partial charge in [0.05, 0.1) is 11.5 Å². The van der Waals surface area contributed by atoms with Gasteiger partial charge in [0.2, 0.25) is 0 Å². The number of carboxylic acids is 1. The van der Waals surface area contributed by atoms with E-state index in [0.29, 0.717) is 23.7 Å². The molecule has 1 unspecified atom stereocenters. The molecule has 0 spiro atoms. The average Bonchev–Trinajstić information content (AvgIpc) is 2.74. The van der Waals surface area contributed by atoms with E-state index in [0.717, 1.165) is 44.9 Å². The second-order valence-electron chi connectivity index (χ2n) is 14.5. The maximum atomic E-state index is 12.8. The Morgan fingerprint density at radius 3 is 2.27 bits per heavy atom. The highest BCUT2D eigenvalue weighted by Gasteiger charge is 2.69. The van der Waals surface area contributed by atoms with Gasteiger partial charge in [0, 0.05) is 0 Å². The van der Waals surface area contributed by atoms with Crippen LogP contribution in [-0.2, 0) is 4.79 Å². The number of hydrogen-bond donors (Lipinski definition) is 2. The highest BCUT2D eigenvalue weighted by atomic mass is 16.4. The van der Waals surface area contributed by atoms with Crippen molar-refractivity contribution in [3.63, 3.8) is 0 Å². The number of allylic oxidation sites excluding steroid dienone is 2. The fraction of sp³-hybridized carbons (Fsp3) is 0.900. The van der Waals surface area contributed by atoms with Crippen molar-refractivity contribution in [2.45, 2.75) is 112 Å².